The highest BCUT2D eigenvalue weighted by Gasteiger charge is 2.16. The summed E-state index contributed by atoms with van der Waals surface area (Å²) in [5.74, 6) is -0.127. The van der Waals surface area contributed by atoms with Crippen molar-refractivity contribution in [3.8, 4) is 0 Å². The van der Waals surface area contributed by atoms with Gasteiger partial charge in [-0.25, -0.2) is 4.79 Å². The zero-order chi connectivity index (χ0) is 21.2. The molecule has 28 heavy (non-hydrogen) atoms. The molecule has 0 bridgehead atoms. The number of alkyl carbamates (subject to hydrolysis) is 1. The van der Waals surface area contributed by atoms with Gasteiger partial charge in [0.1, 0.15) is 5.60 Å². The number of allylic oxidation sites excluding steroid dienone is 1. The molecule has 7 heteroatoms. The minimum Gasteiger partial charge on any atom is -0.444 e. The number of carbonyl (C=O) groups excluding carboxylic acids is 3. The van der Waals surface area contributed by atoms with Crippen molar-refractivity contribution in [1.29, 1.82) is 0 Å². The maximum Gasteiger partial charge on any atom is 0.407 e. The first-order valence-corrected chi connectivity index (χ1v) is 9.37. The van der Waals surface area contributed by atoms with Crippen molar-refractivity contribution in [1.82, 2.24) is 10.6 Å². The van der Waals surface area contributed by atoms with Crippen LogP contribution in [0, 0.1) is 5.92 Å². The molecule has 3 N–H and O–H groups in total. The van der Waals surface area contributed by atoms with Crippen LogP contribution in [0.3, 0.4) is 0 Å². The van der Waals surface area contributed by atoms with Gasteiger partial charge in [-0.15, -0.1) is 0 Å². The summed E-state index contributed by atoms with van der Waals surface area (Å²) >= 11 is 0. The minimum absolute atomic E-state index is 0.108. The van der Waals surface area contributed by atoms with Crippen LogP contribution in [0.25, 0.3) is 0 Å². The van der Waals surface area contributed by atoms with Crippen LogP contribution >= 0.6 is 0 Å². The van der Waals surface area contributed by atoms with Crippen molar-refractivity contribution in [2.45, 2.75) is 53.2 Å². The number of anilines is 1. The molecule has 0 saturated carbocycles. The molecule has 0 aliphatic carbocycles. The Bertz CT molecular complexity index is 706. The Morgan fingerprint density at radius 3 is 2.43 bits per heavy atom. The predicted octanol–water partition coefficient (Wildman–Crippen LogP) is 3.37. The Morgan fingerprint density at radius 2 is 1.79 bits per heavy atom. The van der Waals surface area contributed by atoms with Crippen LogP contribution < -0.4 is 16.0 Å². The summed E-state index contributed by atoms with van der Waals surface area (Å²) in [6.45, 7) is 9.76. The molecule has 0 saturated heterocycles. The number of ether oxygens (including phenoxy) is 1. The lowest BCUT2D eigenvalue weighted by Gasteiger charge is -2.19. The molecular weight excluding hydrogens is 358 g/mol. The highest BCUT2D eigenvalue weighted by molar-refractivity contribution is 5.92. The molecule has 1 rings (SSSR count). The second kappa shape index (κ2) is 11.1. The lowest BCUT2D eigenvalue weighted by atomic mass is 10.1. The molecular formula is C21H31N3O4. The zero-order valence-corrected chi connectivity index (χ0v) is 17.3. The summed E-state index contributed by atoms with van der Waals surface area (Å²) in [7, 11) is 0. The summed E-state index contributed by atoms with van der Waals surface area (Å²) in [5.41, 5.74) is 0.834. The van der Waals surface area contributed by atoms with E-state index in [9.17, 15) is 14.4 Å². The fourth-order valence-corrected chi connectivity index (χ4v) is 2.12. The van der Waals surface area contributed by atoms with Crippen molar-refractivity contribution in [2.24, 2.45) is 5.92 Å². The number of nitrogens with one attached hydrogen (secondary N) is 3. The van der Waals surface area contributed by atoms with Crippen molar-refractivity contribution in [3.05, 3.63) is 42.0 Å². The van der Waals surface area contributed by atoms with Crippen molar-refractivity contribution >= 4 is 23.6 Å². The van der Waals surface area contributed by atoms with Crippen molar-refractivity contribution in [2.75, 3.05) is 11.9 Å². The number of hydrogen-bond acceptors (Lipinski definition) is 4. The maximum atomic E-state index is 12.1. The van der Waals surface area contributed by atoms with E-state index >= 15 is 0 Å². The van der Waals surface area contributed by atoms with Crippen LogP contribution in [0.15, 0.2) is 36.4 Å². The van der Waals surface area contributed by atoms with Gasteiger partial charge in [0.05, 0.1) is 0 Å². The van der Waals surface area contributed by atoms with Crippen LogP contribution in [-0.4, -0.2) is 30.1 Å². The quantitative estimate of drug-likeness (QED) is 0.594. The number of rotatable bonds is 8. The second-order valence-electron chi connectivity index (χ2n) is 7.70. The van der Waals surface area contributed by atoms with Gasteiger partial charge in [0.15, 0.2) is 0 Å². The summed E-state index contributed by atoms with van der Waals surface area (Å²) in [6, 6.07) is 7.25. The number of carbonyl (C=O) groups is 3. The molecule has 0 radical (unpaired) electrons. The molecule has 1 aromatic carbocycles. The smallest absolute Gasteiger partial charge is 0.407 e. The van der Waals surface area contributed by atoms with E-state index in [0.29, 0.717) is 18.2 Å². The normalized spacial score (nSPS) is 11.4. The highest BCUT2D eigenvalue weighted by Crippen LogP contribution is 2.15. The first-order valence-electron chi connectivity index (χ1n) is 9.37. The van der Waals surface area contributed by atoms with E-state index in [1.54, 1.807) is 32.9 Å². The molecule has 154 valence electrons. The molecule has 3 amide bonds. The monoisotopic (exact) mass is 389 g/mol. The molecule has 0 aliphatic heterocycles. The van der Waals surface area contributed by atoms with Gasteiger partial charge < -0.3 is 20.7 Å². The third-order valence-corrected chi connectivity index (χ3v) is 3.40. The Hall–Kier alpha value is -2.83. The van der Waals surface area contributed by atoms with Gasteiger partial charge in [-0.3, -0.25) is 9.59 Å². The molecule has 0 aromatic heterocycles. The van der Waals surface area contributed by atoms with Gasteiger partial charge in [-0.05, 0) is 44.4 Å². The summed E-state index contributed by atoms with van der Waals surface area (Å²) in [5, 5.41) is 8.15. The van der Waals surface area contributed by atoms with E-state index in [1.165, 1.54) is 6.08 Å². The van der Waals surface area contributed by atoms with E-state index < -0.39 is 11.7 Å². The van der Waals surface area contributed by atoms with Gasteiger partial charge in [0, 0.05) is 25.2 Å². The SMILES string of the molecule is CC(C)/C=C/C(=O)NCc1ccccc1NC(=O)CCNC(=O)OC(C)(C)C. The molecule has 0 atom stereocenters. The van der Waals surface area contributed by atoms with E-state index in [0.717, 1.165) is 5.56 Å². The van der Waals surface area contributed by atoms with Gasteiger partial charge in [-0.2, -0.15) is 0 Å². The minimum atomic E-state index is -0.583. The molecule has 0 spiro atoms. The Kier molecular flexibility index (Phi) is 9.21. The number of benzene rings is 1. The van der Waals surface area contributed by atoms with Crippen LogP contribution in [0.5, 0.6) is 0 Å². The largest absolute Gasteiger partial charge is 0.444 e. The lowest BCUT2D eigenvalue weighted by Crippen LogP contribution is -2.34. The Morgan fingerprint density at radius 1 is 1.11 bits per heavy atom. The van der Waals surface area contributed by atoms with E-state index in [1.807, 2.05) is 32.1 Å². The fourth-order valence-electron chi connectivity index (χ4n) is 2.12. The van der Waals surface area contributed by atoms with Crippen molar-refractivity contribution in [3.63, 3.8) is 0 Å². The second-order valence-corrected chi connectivity index (χ2v) is 7.70. The summed E-state index contributed by atoms with van der Waals surface area (Å²) in [4.78, 5) is 35.6. The van der Waals surface area contributed by atoms with Gasteiger partial charge in [0.2, 0.25) is 11.8 Å². The fraction of sp³-hybridized carbons (Fsp3) is 0.476. The highest BCUT2D eigenvalue weighted by atomic mass is 16.6. The zero-order valence-electron chi connectivity index (χ0n) is 17.3. The number of para-hydroxylation sites is 1. The van der Waals surface area contributed by atoms with Gasteiger partial charge in [-0.1, -0.05) is 38.1 Å². The average molecular weight is 389 g/mol. The number of amides is 3. The van der Waals surface area contributed by atoms with Crippen LogP contribution in [0.4, 0.5) is 10.5 Å². The Balaban J connectivity index is 2.50. The first kappa shape index (κ1) is 23.2. The topological polar surface area (TPSA) is 96.5 Å². The molecule has 0 aliphatic rings. The third-order valence-electron chi connectivity index (χ3n) is 3.40. The molecule has 0 heterocycles. The van der Waals surface area contributed by atoms with Crippen molar-refractivity contribution < 1.29 is 19.1 Å². The molecule has 7 nitrogen and oxygen atoms in total. The maximum absolute atomic E-state index is 12.1. The summed E-state index contributed by atoms with van der Waals surface area (Å²) < 4.78 is 5.12. The lowest BCUT2D eigenvalue weighted by molar-refractivity contribution is -0.117. The van der Waals surface area contributed by atoms with E-state index in [4.69, 9.17) is 4.74 Å². The Labute approximate surface area is 166 Å². The first-order chi connectivity index (χ1) is 13.1. The number of hydrogen-bond donors (Lipinski definition) is 3. The van der Waals surface area contributed by atoms with Crippen LogP contribution in [0.2, 0.25) is 0 Å². The van der Waals surface area contributed by atoms with Gasteiger partial charge in [0.25, 0.3) is 0 Å². The molecule has 0 unspecified atom stereocenters. The predicted molar refractivity (Wildman–Crippen MR) is 110 cm³/mol. The molecule has 0 fully saturated rings. The standard InChI is InChI=1S/C21H31N3O4/c1-15(2)10-11-18(25)23-14-16-8-6-7-9-17(16)24-19(26)12-13-22-20(27)28-21(3,4)5/h6-11,15H,12-14H2,1-5H3,(H,22,27)(H,23,25)(H,24,26)/b11-10+. The molecule has 1 aromatic rings. The van der Waals surface area contributed by atoms with Gasteiger partial charge >= 0.3 is 6.09 Å². The van der Waals surface area contributed by atoms with Crippen LogP contribution in [0.1, 0.15) is 46.6 Å². The van der Waals surface area contributed by atoms with Crippen LogP contribution in [-0.2, 0) is 20.9 Å². The van der Waals surface area contributed by atoms with E-state index in [2.05, 4.69) is 16.0 Å². The summed E-state index contributed by atoms with van der Waals surface area (Å²) in [6.07, 6.45) is 2.88. The third kappa shape index (κ3) is 10.4. The average Bonchev–Trinajstić information content (AvgIpc) is 2.57. The van der Waals surface area contributed by atoms with E-state index in [-0.39, 0.29) is 24.8 Å².